The van der Waals surface area contributed by atoms with Gasteiger partial charge in [-0.1, -0.05) is 42.5 Å². The Morgan fingerprint density at radius 2 is 1.73 bits per heavy atom. The molecule has 2 atom stereocenters. The maximum absolute atomic E-state index is 12.7. The van der Waals surface area contributed by atoms with Gasteiger partial charge in [0.1, 0.15) is 6.54 Å². The minimum absolute atomic E-state index is 0.0388. The van der Waals surface area contributed by atoms with Crippen LogP contribution in [0.3, 0.4) is 0 Å². The molecule has 6 heteroatoms. The molecule has 0 saturated heterocycles. The van der Waals surface area contributed by atoms with E-state index in [1.54, 1.807) is 0 Å². The summed E-state index contributed by atoms with van der Waals surface area (Å²) in [5, 5.41) is 3.04. The van der Waals surface area contributed by atoms with E-state index in [4.69, 9.17) is 0 Å². The summed E-state index contributed by atoms with van der Waals surface area (Å²) >= 11 is 0. The first kappa shape index (κ1) is 18.5. The van der Waals surface area contributed by atoms with E-state index in [-0.39, 0.29) is 11.9 Å². The molecule has 2 N–H and O–H groups in total. The third-order valence-corrected chi connectivity index (χ3v) is 4.58. The standard InChI is InChI=1S/C20H21F3N2O/c1-25(13-14-7-9-16(10-8-14)20(21,22)23)18(15-5-3-2-4-6-15)19(26)24-17-11-12-17/h2-10,17-18H,11-13H2,1H3,(H,24,26)/p+1/t18-/m1/s1. The van der Waals surface area contributed by atoms with Gasteiger partial charge < -0.3 is 10.2 Å². The van der Waals surface area contributed by atoms with Crippen LogP contribution < -0.4 is 10.2 Å². The molecule has 1 unspecified atom stereocenters. The summed E-state index contributed by atoms with van der Waals surface area (Å²) in [7, 11) is 1.89. The van der Waals surface area contributed by atoms with Crippen LogP contribution in [0.15, 0.2) is 54.6 Å². The van der Waals surface area contributed by atoms with Gasteiger partial charge in [-0.2, -0.15) is 13.2 Å². The van der Waals surface area contributed by atoms with Crippen molar-refractivity contribution in [3.05, 3.63) is 71.3 Å². The van der Waals surface area contributed by atoms with E-state index in [2.05, 4.69) is 5.32 Å². The average Bonchev–Trinajstić information content (AvgIpc) is 3.39. The molecule has 3 rings (SSSR count). The number of rotatable bonds is 6. The lowest BCUT2D eigenvalue weighted by Crippen LogP contribution is -3.09. The number of likely N-dealkylation sites (N-methyl/N-ethyl adjacent to an activating group) is 1. The van der Waals surface area contributed by atoms with E-state index in [0.717, 1.165) is 41.0 Å². The van der Waals surface area contributed by atoms with Crippen LogP contribution >= 0.6 is 0 Å². The van der Waals surface area contributed by atoms with Gasteiger partial charge in [-0.25, -0.2) is 0 Å². The number of carbonyl (C=O) groups excluding carboxylic acids is 1. The van der Waals surface area contributed by atoms with E-state index in [1.165, 1.54) is 12.1 Å². The third-order valence-electron chi connectivity index (χ3n) is 4.58. The van der Waals surface area contributed by atoms with E-state index in [9.17, 15) is 18.0 Å². The highest BCUT2D eigenvalue weighted by atomic mass is 19.4. The van der Waals surface area contributed by atoms with Crippen molar-refractivity contribution in [2.45, 2.75) is 37.6 Å². The summed E-state index contributed by atoms with van der Waals surface area (Å²) in [4.78, 5) is 13.6. The van der Waals surface area contributed by atoms with Crippen molar-refractivity contribution >= 4 is 5.91 Å². The van der Waals surface area contributed by atoms with Crippen LogP contribution in [0.1, 0.15) is 35.6 Å². The van der Waals surface area contributed by atoms with Gasteiger partial charge in [0.2, 0.25) is 0 Å². The number of hydrogen-bond donors (Lipinski definition) is 2. The second-order valence-corrected chi connectivity index (χ2v) is 6.84. The molecule has 0 aliphatic heterocycles. The summed E-state index contributed by atoms with van der Waals surface area (Å²) in [6.45, 7) is 0.454. The second kappa shape index (κ2) is 7.50. The molecule has 2 aromatic rings. The Balaban J connectivity index is 1.76. The van der Waals surface area contributed by atoms with Gasteiger partial charge in [0.05, 0.1) is 12.6 Å². The minimum Gasteiger partial charge on any atom is -0.348 e. The molecule has 1 amide bonds. The van der Waals surface area contributed by atoms with Gasteiger partial charge in [0, 0.05) is 17.2 Å². The smallest absolute Gasteiger partial charge is 0.348 e. The fraction of sp³-hybridized carbons (Fsp3) is 0.350. The quantitative estimate of drug-likeness (QED) is 0.813. The Morgan fingerprint density at radius 3 is 2.27 bits per heavy atom. The highest BCUT2D eigenvalue weighted by molar-refractivity contribution is 5.82. The van der Waals surface area contributed by atoms with Crippen molar-refractivity contribution in [1.29, 1.82) is 0 Å². The second-order valence-electron chi connectivity index (χ2n) is 6.84. The number of nitrogens with one attached hydrogen (secondary N) is 2. The summed E-state index contributed by atoms with van der Waals surface area (Å²) in [6, 6.07) is 14.5. The number of hydrogen-bond acceptors (Lipinski definition) is 1. The molecule has 0 heterocycles. The molecule has 138 valence electrons. The van der Waals surface area contributed by atoms with Crippen molar-refractivity contribution in [2.75, 3.05) is 7.05 Å². The molecular weight excluding hydrogens is 341 g/mol. The van der Waals surface area contributed by atoms with Crippen molar-refractivity contribution in [2.24, 2.45) is 0 Å². The lowest BCUT2D eigenvalue weighted by Gasteiger charge is -2.25. The Labute approximate surface area is 150 Å². The molecule has 1 aliphatic rings. The Hall–Kier alpha value is -2.34. The molecule has 2 aromatic carbocycles. The molecule has 0 aromatic heterocycles. The van der Waals surface area contributed by atoms with Crippen LogP contribution in [0.5, 0.6) is 0 Å². The summed E-state index contributed by atoms with van der Waals surface area (Å²) in [6.07, 6.45) is -2.33. The molecule has 0 radical (unpaired) electrons. The molecular formula is C20H22F3N2O+. The Morgan fingerprint density at radius 1 is 1.12 bits per heavy atom. The van der Waals surface area contributed by atoms with Crippen molar-refractivity contribution in [3.8, 4) is 0 Å². The van der Waals surface area contributed by atoms with E-state index in [1.807, 2.05) is 37.4 Å². The van der Waals surface area contributed by atoms with Crippen molar-refractivity contribution < 1.29 is 22.9 Å². The fourth-order valence-electron chi connectivity index (χ4n) is 3.05. The molecule has 3 nitrogen and oxygen atoms in total. The van der Waals surface area contributed by atoms with Crippen LogP contribution in [0.25, 0.3) is 0 Å². The topological polar surface area (TPSA) is 33.5 Å². The maximum Gasteiger partial charge on any atom is 0.416 e. The predicted molar refractivity (Wildman–Crippen MR) is 92.4 cm³/mol. The lowest BCUT2D eigenvalue weighted by atomic mass is 10.0. The summed E-state index contributed by atoms with van der Waals surface area (Å²) in [5.41, 5.74) is 0.996. The average molecular weight is 363 g/mol. The molecule has 1 fully saturated rings. The first-order chi connectivity index (χ1) is 12.3. The van der Waals surface area contributed by atoms with Crippen LogP contribution in [0.4, 0.5) is 13.2 Å². The SMILES string of the molecule is C[NH+](Cc1ccc(C(F)(F)F)cc1)[C@@H](C(=O)NC1CC1)c1ccccc1. The van der Waals surface area contributed by atoms with Gasteiger partial charge in [-0.15, -0.1) is 0 Å². The monoisotopic (exact) mass is 363 g/mol. The number of alkyl halides is 3. The van der Waals surface area contributed by atoms with Gasteiger partial charge in [-0.05, 0) is 25.0 Å². The van der Waals surface area contributed by atoms with E-state index >= 15 is 0 Å². The molecule has 26 heavy (non-hydrogen) atoms. The first-order valence-corrected chi connectivity index (χ1v) is 8.68. The Bertz CT molecular complexity index is 740. The van der Waals surface area contributed by atoms with E-state index in [0.29, 0.717) is 6.54 Å². The predicted octanol–water partition coefficient (Wildman–Crippen LogP) is 2.74. The first-order valence-electron chi connectivity index (χ1n) is 8.68. The van der Waals surface area contributed by atoms with Gasteiger partial charge in [-0.3, -0.25) is 4.79 Å². The largest absolute Gasteiger partial charge is 0.416 e. The molecule has 1 saturated carbocycles. The highest BCUT2D eigenvalue weighted by Crippen LogP contribution is 2.29. The zero-order valence-electron chi connectivity index (χ0n) is 14.5. The zero-order chi connectivity index (χ0) is 18.7. The van der Waals surface area contributed by atoms with Gasteiger partial charge >= 0.3 is 6.18 Å². The Kier molecular flexibility index (Phi) is 5.32. The van der Waals surface area contributed by atoms with E-state index < -0.39 is 17.8 Å². The number of halogens is 3. The normalized spacial score (nSPS) is 16.8. The third kappa shape index (κ3) is 4.64. The zero-order valence-corrected chi connectivity index (χ0v) is 14.5. The van der Waals surface area contributed by atoms with Gasteiger partial charge in [0.15, 0.2) is 6.04 Å². The van der Waals surface area contributed by atoms with Crippen LogP contribution in [0, 0.1) is 0 Å². The fourth-order valence-corrected chi connectivity index (χ4v) is 3.05. The minimum atomic E-state index is -4.34. The van der Waals surface area contributed by atoms with Crippen LogP contribution in [0.2, 0.25) is 0 Å². The van der Waals surface area contributed by atoms with Crippen LogP contribution in [-0.2, 0) is 17.5 Å². The van der Waals surface area contributed by atoms with Crippen molar-refractivity contribution in [3.63, 3.8) is 0 Å². The van der Waals surface area contributed by atoms with Gasteiger partial charge in [0.25, 0.3) is 5.91 Å². The van der Waals surface area contributed by atoms with Crippen LogP contribution in [-0.4, -0.2) is 19.0 Å². The number of carbonyl (C=O) groups is 1. The summed E-state index contributed by atoms with van der Waals surface area (Å²) < 4.78 is 38.1. The lowest BCUT2D eigenvalue weighted by molar-refractivity contribution is -0.916. The maximum atomic E-state index is 12.7. The number of amides is 1. The number of benzene rings is 2. The summed E-state index contributed by atoms with van der Waals surface area (Å²) in [5.74, 6) is -0.0388. The highest BCUT2D eigenvalue weighted by Gasteiger charge is 2.34. The molecule has 0 bridgehead atoms. The van der Waals surface area contributed by atoms with Crippen molar-refractivity contribution in [1.82, 2.24) is 5.32 Å². The molecule has 0 spiro atoms. The number of quaternary nitrogens is 1. The molecule has 1 aliphatic carbocycles.